The zero-order chi connectivity index (χ0) is 20.4. The van der Waals surface area contributed by atoms with Crippen LogP contribution in [0.5, 0.6) is 5.75 Å². The van der Waals surface area contributed by atoms with Crippen LogP contribution in [0.15, 0.2) is 29.8 Å². The summed E-state index contributed by atoms with van der Waals surface area (Å²) in [5.74, 6) is -0.770. The fraction of sp³-hybridized carbons (Fsp3) is 0.389. The second-order valence-corrected chi connectivity index (χ2v) is 6.54. The highest BCUT2D eigenvalue weighted by atomic mass is 16.5. The molecule has 3 rings (SSSR count). The quantitative estimate of drug-likeness (QED) is 0.580. The Hall–Kier alpha value is -3.27. The van der Waals surface area contributed by atoms with Crippen LogP contribution in [0.4, 0.5) is 9.59 Å². The van der Waals surface area contributed by atoms with Gasteiger partial charge < -0.3 is 30.1 Å². The van der Waals surface area contributed by atoms with E-state index in [1.807, 2.05) is 0 Å². The Bertz CT molecular complexity index is 819. The number of carbonyl (C=O) groups is 3. The van der Waals surface area contributed by atoms with Crippen molar-refractivity contribution in [1.29, 1.82) is 0 Å². The maximum absolute atomic E-state index is 12.0. The van der Waals surface area contributed by atoms with Crippen molar-refractivity contribution in [1.82, 2.24) is 9.80 Å². The van der Waals surface area contributed by atoms with Gasteiger partial charge in [-0.25, -0.2) is 14.4 Å². The van der Waals surface area contributed by atoms with Crippen molar-refractivity contribution in [2.24, 2.45) is 0 Å². The first-order valence-corrected chi connectivity index (χ1v) is 8.63. The van der Waals surface area contributed by atoms with Gasteiger partial charge in [-0.15, -0.1) is 0 Å². The molecule has 2 aliphatic rings. The first-order chi connectivity index (χ1) is 13.3. The lowest BCUT2D eigenvalue weighted by molar-refractivity contribution is -0.133. The Morgan fingerprint density at radius 3 is 2.25 bits per heavy atom. The molecule has 10 nitrogen and oxygen atoms in total. The molecule has 1 saturated heterocycles. The summed E-state index contributed by atoms with van der Waals surface area (Å²) < 4.78 is 5.30. The third-order valence-electron chi connectivity index (χ3n) is 4.94. The lowest BCUT2D eigenvalue weighted by Gasteiger charge is -2.48. The van der Waals surface area contributed by atoms with Gasteiger partial charge in [-0.05, 0) is 29.7 Å². The molecule has 1 fully saturated rings. The summed E-state index contributed by atoms with van der Waals surface area (Å²) in [6.07, 6.45) is -2.39. The summed E-state index contributed by atoms with van der Waals surface area (Å²) in [5.41, 5.74) is 0.977. The van der Waals surface area contributed by atoms with Crippen LogP contribution in [0.1, 0.15) is 12.0 Å². The third kappa shape index (κ3) is 3.58. The number of hydrogen-bond donors (Lipinski definition) is 4. The normalized spacial score (nSPS) is 21.5. The van der Waals surface area contributed by atoms with Crippen molar-refractivity contribution in [2.75, 3.05) is 26.3 Å². The molecule has 0 unspecified atom stereocenters. The number of aliphatic carboxylic acids is 1. The molecule has 150 valence electrons. The van der Waals surface area contributed by atoms with Crippen LogP contribution in [0.25, 0.3) is 5.57 Å². The Morgan fingerprint density at radius 1 is 1.04 bits per heavy atom. The van der Waals surface area contributed by atoms with Gasteiger partial charge in [0.15, 0.2) is 0 Å². The average molecular weight is 392 g/mol. The maximum atomic E-state index is 12.0. The summed E-state index contributed by atoms with van der Waals surface area (Å²) in [4.78, 5) is 37.2. The number of piperazine rings is 1. The van der Waals surface area contributed by atoms with E-state index in [1.54, 1.807) is 24.3 Å². The summed E-state index contributed by atoms with van der Waals surface area (Å²) in [6, 6.07) is 4.87. The highest BCUT2D eigenvalue weighted by molar-refractivity contribution is 5.99. The molecule has 2 amide bonds. The van der Waals surface area contributed by atoms with Gasteiger partial charge in [0.1, 0.15) is 12.4 Å². The second-order valence-electron chi connectivity index (χ2n) is 6.54. The molecule has 2 aliphatic heterocycles. The molecule has 4 N–H and O–H groups in total. The Labute approximate surface area is 159 Å². The lowest BCUT2D eigenvalue weighted by Crippen LogP contribution is -2.64. The van der Waals surface area contributed by atoms with E-state index >= 15 is 0 Å². The van der Waals surface area contributed by atoms with Crippen LogP contribution in [0, 0.1) is 0 Å². The molecule has 0 saturated carbocycles. The highest BCUT2D eigenvalue weighted by Gasteiger charge is 2.47. The number of amides is 2. The van der Waals surface area contributed by atoms with E-state index in [4.69, 9.17) is 9.84 Å². The van der Waals surface area contributed by atoms with Gasteiger partial charge in [-0.2, -0.15) is 0 Å². The zero-order valence-corrected chi connectivity index (χ0v) is 14.8. The number of carboxylic acids is 1. The van der Waals surface area contributed by atoms with Crippen LogP contribution < -0.4 is 4.74 Å². The minimum absolute atomic E-state index is 0.0216. The standard InChI is InChI=1S/C18H20N2O8/c21-5-6-28-12-3-1-10(2-4-12)13-7-11-8-19(17(24)25)9-14(15(13)16(22)23)20(11)18(26)27/h1-4,11,14,21H,5-9H2,(H,22,23)(H,24,25)(H,26,27)/t11-,14-/m1/s1. The number of nitrogens with zero attached hydrogens (tertiary/aromatic N) is 2. The monoisotopic (exact) mass is 392 g/mol. The number of fused-ring (bicyclic) bond motifs is 2. The molecule has 28 heavy (non-hydrogen) atoms. The van der Waals surface area contributed by atoms with Crippen molar-refractivity contribution < 1.29 is 39.5 Å². The number of ether oxygens (including phenoxy) is 1. The SMILES string of the molecule is O=C(O)C1=C(c2ccc(OCCO)cc2)C[C@@H]2CN(C(=O)O)C[C@H]1N2C(=O)O. The van der Waals surface area contributed by atoms with Gasteiger partial charge in [-0.1, -0.05) is 12.1 Å². The molecular weight excluding hydrogens is 372 g/mol. The maximum Gasteiger partial charge on any atom is 0.408 e. The molecular formula is C18H20N2O8. The van der Waals surface area contributed by atoms with Crippen LogP contribution in [-0.4, -0.2) is 86.8 Å². The van der Waals surface area contributed by atoms with Crippen LogP contribution >= 0.6 is 0 Å². The average Bonchev–Trinajstić information content (AvgIpc) is 2.64. The number of aliphatic hydroxyl groups is 1. The van der Waals surface area contributed by atoms with E-state index in [1.165, 1.54) is 0 Å². The second kappa shape index (κ2) is 7.77. The van der Waals surface area contributed by atoms with E-state index in [9.17, 15) is 29.7 Å². The van der Waals surface area contributed by atoms with Crippen molar-refractivity contribution in [3.8, 4) is 5.75 Å². The van der Waals surface area contributed by atoms with Crippen molar-refractivity contribution in [3.63, 3.8) is 0 Å². The summed E-state index contributed by atoms with van der Waals surface area (Å²) in [6.45, 7) is -0.261. The topological polar surface area (TPSA) is 148 Å². The van der Waals surface area contributed by atoms with Crippen LogP contribution in [-0.2, 0) is 4.79 Å². The molecule has 1 aromatic rings. The molecule has 0 spiro atoms. The molecule has 0 radical (unpaired) electrons. The largest absolute Gasteiger partial charge is 0.491 e. The number of carboxylic acid groups (broad SMARTS) is 3. The number of rotatable bonds is 5. The van der Waals surface area contributed by atoms with Gasteiger partial charge in [0.25, 0.3) is 0 Å². The van der Waals surface area contributed by atoms with Crippen LogP contribution in [0.2, 0.25) is 0 Å². The van der Waals surface area contributed by atoms with Gasteiger partial charge in [0, 0.05) is 13.1 Å². The highest BCUT2D eigenvalue weighted by Crippen LogP contribution is 2.38. The van der Waals surface area contributed by atoms with Gasteiger partial charge in [0.2, 0.25) is 0 Å². The Morgan fingerprint density at radius 2 is 1.71 bits per heavy atom. The van der Waals surface area contributed by atoms with Gasteiger partial charge >= 0.3 is 18.2 Å². The predicted molar refractivity (Wildman–Crippen MR) is 95.2 cm³/mol. The summed E-state index contributed by atoms with van der Waals surface area (Å²) in [7, 11) is 0. The van der Waals surface area contributed by atoms with E-state index in [0.29, 0.717) is 16.9 Å². The van der Waals surface area contributed by atoms with Crippen molar-refractivity contribution in [3.05, 3.63) is 35.4 Å². The first-order valence-electron chi connectivity index (χ1n) is 8.63. The third-order valence-corrected chi connectivity index (χ3v) is 4.94. The predicted octanol–water partition coefficient (Wildman–Crippen LogP) is 1.01. The van der Waals surface area contributed by atoms with E-state index < -0.39 is 30.2 Å². The Kier molecular flexibility index (Phi) is 5.41. The zero-order valence-electron chi connectivity index (χ0n) is 14.8. The van der Waals surface area contributed by atoms with E-state index in [-0.39, 0.29) is 38.3 Å². The van der Waals surface area contributed by atoms with E-state index in [2.05, 4.69) is 0 Å². The summed E-state index contributed by atoms with van der Waals surface area (Å²) >= 11 is 0. The molecule has 0 aromatic heterocycles. The molecule has 1 aromatic carbocycles. The van der Waals surface area contributed by atoms with Gasteiger partial charge in [-0.3, -0.25) is 4.90 Å². The van der Waals surface area contributed by atoms with Crippen LogP contribution in [0.3, 0.4) is 0 Å². The molecule has 2 atom stereocenters. The van der Waals surface area contributed by atoms with E-state index in [0.717, 1.165) is 9.80 Å². The lowest BCUT2D eigenvalue weighted by atomic mass is 9.82. The fourth-order valence-electron chi connectivity index (χ4n) is 3.81. The summed E-state index contributed by atoms with van der Waals surface area (Å²) in [5, 5.41) is 37.4. The van der Waals surface area contributed by atoms with Gasteiger partial charge in [0.05, 0.1) is 24.3 Å². The molecule has 2 bridgehead atoms. The molecule has 2 heterocycles. The molecule has 0 aliphatic carbocycles. The number of aliphatic hydroxyl groups excluding tert-OH is 1. The minimum atomic E-state index is -1.28. The van der Waals surface area contributed by atoms with Crippen molar-refractivity contribution >= 4 is 23.7 Å². The fourth-order valence-corrected chi connectivity index (χ4v) is 3.81. The molecule has 10 heteroatoms. The smallest absolute Gasteiger partial charge is 0.408 e. The number of benzene rings is 1. The first kappa shape index (κ1) is 19.5. The number of hydrogen-bond acceptors (Lipinski definition) is 5. The van der Waals surface area contributed by atoms with Crippen molar-refractivity contribution in [2.45, 2.75) is 18.5 Å². The Balaban J connectivity index is 2.02. The minimum Gasteiger partial charge on any atom is -0.491 e.